The first-order chi connectivity index (χ1) is 20.4. The van der Waals surface area contributed by atoms with E-state index >= 15 is 0 Å². The number of carbonyl (C=O) groups excluding carboxylic acids is 3. The molecule has 1 N–H and O–H groups in total. The zero-order valence-electron chi connectivity index (χ0n) is 26.2. The molecule has 9 nitrogen and oxygen atoms in total. The molecular formula is C34H43N6O3+. The first kappa shape index (κ1) is 29.4. The Labute approximate surface area is 254 Å². The van der Waals surface area contributed by atoms with Crippen LogP contribution in [0.25, 0.3) is 10.9 Å². The molecule has 1 unspecified atom stereocenters. The molecule has 3 aliphatic rings. The lowest BCUT2D eigenvalue weighted by atomic mass is 9.87. The van der Waals surface area contributed by atoms with Crippen molar-refractivity contribution in [1.29, 1.82) is 0 Å². The number of benzene rings is 2. The number of hydrogen-bond acceptors (Lipinski definition) is 6. The van der Waals surface area contributed by atoms with Crippen molar-refractivity contribution in [3.05, 3.63) is 60.3 Å². The molecule has 6 rings (SSSR count). The van der Waals surface area contributed by atoms with E-state index in [1.165, 1.54) is 6.42 Å². The predicted molar refractivity (Wildman–Crippen MR) is 171 cm³/mol. The van der Waals surface area contributed by atoms with Gasteiger partial charge in [0.25, 0.3) is 0 Å². The molecule has 3 aliphatic heterocycles. The largest absolute Gasteiger partial charge is 0.437 e. The third kappa shape index (κ3) is 4.56. The molecule has 43 heavy (non-hydrogen) atoms. The van der Waals surface area contributed by atoms with Gasteiger partial charge in [-0.1, -0.05) is 45.0 Å². The fourth-order valence-electron chi connectivity index (χ4n) is 7.44. The second kappa shape index (κ2) is 10.5. The van der Waals surface area contributed by atoms with Crippen LogP contribution in [0.5, 0.6) is 0 Å². The highest BCUT2D eigenvalue weighted by atomic mass is 16.2. The fourth-order valence-corrected chi connectivity index (χ4v) is 7.44. The van der Waals surface area contributed by atoms with Gasteiger partial charge in [-0.15, -0.1) is 4.48 Å². The van der Waals surface area contributed by atoms with Crippen LogP contribution in [0.15, 0.2) is 54.7 Å². The minimum atomic E-state index is -1.11. The van der Waals surface area contributed by atoms with E-state index in [0.717, 1.165) is 48.2 Å². The maximum Gasteiger partial charge on any atom is 0.437 e. The topological polar surface area (TPSA) is 85.8 Å². The van der Waals surface area contributed by atoms with Crippen LogP contribution in [0.1, 0.15) is 53.0 Å². The van der Waals surface area contributed by atoms with Gasteiger partial charge in [0, 0.05) is 48.3 Å². The Morgan fingerprint density at radius 3 is 2.60 bits per heavy atom. The Balaban J connectivity index is 1.32. The Bertz CT molecular complexity index is 1610. The first-order valence-electron chi connectivity index (χ1n) is 15.4. The van der Waals surface area contributed by atoms with E-state index in [2.05, 4.69) is 36.0 Å². The summed E-state index contributed by atoms with van der Waals surface area (Å²) in [5, 5.41) is 4.22. The summed E-state index contributed by atoms with van der Waals surface area (Å²) in [7, 11) is 1.67. The number of fused-ring (bicyclic) bond motifs is 2. The summed E-state index contributed by atoms with van der Waals surface area (Å²) >= 11 is 0. The maximum absolute atomic E-state index is 14.4. The van der Waals surface area contributed by atoms with E-state index in [-0.39, 0.29) is 29.8 Å². The number of aromatic nitrogens is 1. The van der Waals surface area contributed by atoms with E-state index in [0.29, 0.717) is 24.0 Å². The number of anilines is 2. The number of urea groups is 1. The quantitative estimate of drug-likeness (QED) is 0.317. The van der Waals surface area contributed by atoms with E-state index in [9.17, 15) is 14.4 Å². The fraction of sp³-hybridized carbons (Fsp3) is 0.471. The first-order valence-corrected chi connectivity index (χ1v) is 15.4. The molecule has 0 bridgehead atoms. The van der Waals surface area contributed by atoms with Gasteiger partial charge in [0.1, 0.15) is 0 Å². The number of imide groups is 1. The summed E-state index contributed by atoms with van der Waals surface area (Å²) in [6, 6.07) is 15.3. The molecular weight excluding hydrogens is 540 g/mol. The molecule has 9 heteroatoms. The molecule has 0 radical (unpaired) electrons. The summed E-state index contributed by atoms with van der Waals surface area (Å²) in [6.45, 7) is 13.8. The van der Waals surface area contributed by atoms with Crippen LogP contribution in [0, 0.1) is 0 Å². The number of nitrogens with zero attached hydrogens (tertiary/aromatic N) is 5. The van der Waals surface area contributed by atoms with Crippen molar-refractivity contribution >= 4 is 45.8 Å². The smallest absolute Gasteiger partial charge is 0.310 e. The maximum atomic E-state index is 14.4. The van der Waals surface area contributed by atoms with Crippen LogP contribution in [0.2, 0.25) is 0 Å². The SMILES string of the molecule is CCN1CCCC1CNCC(=O)N1CC(C)(C)c2ccc([N@@+]3(C)C(=O)N(c4ccnc5ccccc45)C(C)(C)C3=O)cc21. The molecule has 0 aliphatic carbocycles. The molecule has 4 amide bonds. The number of pyridine rings is 1. The van der Waals surface area contributed by atoms with Crippen molar-refractivity contribution in [3.63, 3.8) is 0 Å². The highest BCUT2D eigenvalue weighted by molar-refractivity contribution is 6.26. The van der Waals surface area contributed by atoms with Crippen molar-refractivity contribution in [3.8, 4) is 0 Å². The summed E-state index contributed by atoms with van der Waals surface area (Å²) < 4.78 is -0.522. The van der Waals surface area contributed by atoms with Gasteiger partial charge in [-0.05, 0) is 57.5 Å². The Hall–Kier alpha value is -3.66. The third-order valence-electron chi connectivity index (χ3n) is 9.86. The Morgan fingerprint density at radius 2 is 1.84 bits per heavy atom. The molecule has 4 heterocycles. The van der Waals surface area contributed by atoms with Crippen LogP contribution in [0.4, 0.5) is 21.9 Å². The monoisotopic (exact) mass is 583 g/mol. The third-order valence-corrected chi connectivity index (χ3v) is 9.86. The predicted octanol–water partition coefficient (Wildman–Crippen LogP) is 4.82. The number of likely N-dealkylation sites (tertiary alicyclic amines) is 1. The van der Waals surface area contributed by atoms with Gasteiger partial charge in [-0.25, -0.2) is 14.5 Å². The van der Waals surface area contributed by atoms with E-state index in [1.807, 2.05) is 47.4 Å². The van der Waals surface area contributed by atoms with Gasteiger partial charge in [0.2, 0.25) is 5.91 Å². The molecule has 2 aromatic carbocycles. The molecule has 1 aromatic heterocycles. The van der Waals surface area contributed by atoms with Gasteiger partial charge in [0.15, 0.2) is 11.2 Å². The van der Waals surface area contributed by atoms with Crippen LogP contribution < -0.4 is 19.6 Å². The normalized spacial score (nSPS) is 24.7. The highest BCUT2D eigenvalue weighted by Crippen LogP contribution is 2.47. The van der Waals surface area contributed by atoms with E-state index in [1.54, 1.807) is 38.1 Å². The molecule has 3 aromatic rings. The van der Waals surface area contributed by atoms with E-state index in [4.69, 9.17) is 0 Å². The standard InChI is InChI=1S/C34H43N6O3/c1-7-37-18-10-11-23(37)20-35-21-30(41)38-22-33(2,3)26-15-14-24(19-29(26)38)40(6)31(42)34(4,5)39(32(40)43)28-16-17-36-27-13-9-8-12-25(27)28/h8-9,12-17,19,23,35H,7,10-11,18,20-22H2,1-6H3/q+1/t23?,40-/m1/s1. The van der Waals surface area contributed by atoms with Crippen LogP contribution in [-0.2, 0) is 15.0 Å². The number of carbonyl (C=O) groups is 3. The summed E-state index contributed by atoms with van der Waals surface area (Å²) in [6.07, 6.45) is 4.03. The number of amides is 4. The average Bonchev–Trinajstić information content (AvgIpc) is 3.60. The summed E-state index contributed by atoms with van der Waals surface area (Å²) in [5.74, 6) is -0.232. The number of likely N-dealkylation sites (N-methyl/N-ethyl adjacent to an activating group) is 2. The van der Waals surface area contributed by atoms with Crippen LogP contribution in [0.3, 0.4) is 0 Å². The molecule has 226 valence electrons. The summed E-state index contributed by atoms with van der Waals surface area (Å²) in [4.78, 5) is 52.7. The number of quaternary nitrogens is 1. The lowest BCUT2D eigenvalue weighted by molar-refractivity contribution is -0.128. The average molecular weight is 584 g/mol. The lowest BCUT2D eigenvalue weighted by Gasteiger charge is -2.26. The molecule has 2 fully saturated rings. The minimum absolute atomic E-state index is 0.00281. The van der Waals surface area contributed by atoms with Gasteiger partial charge < -0.3 is 10.2 Å². The minimum Gasteiger partial charge on any atom is -0.310 e. The molecule has 2 atom stereocenters. The second-order valence-electron chi connectivity index (χ2n) is 13.5. The van der Waals surface area contributed by atoms with Crippen molar-refractivity contribution < 1.29 is 14.4 Å². The van der Waals surface area contributed by atoms with E-state index < -0.39 is 10.0 Å². The number of para-hydroxylation sites is 1. The van der Waals surface area contributed by atoms with Gasteiger partial charge in [0.05, 0.1) is 30.5 Å². The molecule has 0 saturated carbocycles. The zero-order valence-corrected chi connectivity index (χ0v) is 26.2. The van der Waals surface area contributed by atoms with Crippen molar-refractivity contribution in [2.24, 2.45) is 0 Å². The summed E-state index contributed by atoms with van der Waals surface area (Å²) in [5.41, 5.74) is 2.42. The van der Waals surface area contributed by atoms with Gasteiger partial charge in [-0.2, -0.15) is 0 Å². The van der Waals surface area contributed by atoms with Crippen molar-refractivity contribution in [1.82, 2.24) is 19.7 Å². The van der Waals surface area contributed by atoms with Crippen molar-refractivity contribution in [2.75, 3.05) is 49.6 Å². The van der Waals surface area contributed by atoms with Gasteiger partial charge in [-0.3, -0.25) is 14.7 Å². The zero-order chi connectivity index (χ0) is 30.7. The number of hydrogen-bond donors (Lipinski definition) is 1. The highest BCUT2D eigenvalue weighted by Gasteiger charge is 2.65. The number of rotatable bonds is 7. The van der Waals surface area contributed by atoms with Crippen LogP contribution >= 0.6 is 0 Å². The van der Waals surface area contributed by atoms with Crippen molar-refractivity contribution in [2.45, 2.75) is 64.5 Å². The van der Waals surface area contributed by atoms with Gasteiger partial charge >= 0.3 is 11.9 Å². The lowest BCUT2D eigenvalue weighted by Crippen LogP contribution is -2.52. The second-order valence-corrected chi connectivity index (χ2v) is 13.5. The van der Waals surface area contributed by atoms with Crippen LogP contribution in [-0.4, -0.2) is 79.1 Å². The number of nitrogens with one attached hydrogen (secondary N) is 1. The molecule has 2 saturated heterocycles. The molecule has 0 spiro atoms. The Morgan fingerprint density at radius 1 is 1.07 bits per heavy atom. The Kier molecular flexibility index (Phi) is 7.18.